The predicted octanol–water partition coefficient (Wildman–Crippen LogP) is 1.72. The second-order valence-electron chi connectivity index (χ2n) is 1.60. The molecule has 0 saturated heterocycles. The van der Waals surface area contributed by atoms with E-state index in [9.17, 15) is 0 Å². The van der Waals surface area contributed by atoms with Crippen LogP contribution < -0.4 is 0 Å². The molecule has 0 N–H and O–H groups in total. The van der Waals surface area contributed by atoms with E-state index in [4.69, 9.17) is 4.74 Å². The Bertz CT molecular complexity index is 98.3. The third-order valence-electron chi connectivity index (χ3n) is 0.886. The molecule has 0 fully saturated rings. The molecule has 1 aliphatic heterocycles. The minimum absolute atomic E-state index is 0.609. The molecule has 0 spiro atoms. The predicted molar refractivity (Wildman–Crippen MR) is 37.5 cm³/mol. The number of hydrogen-bond acceptors (Lipinski definition) is 1. The minimum Gasteiger partial charge on any atom is -0.497 e. The zero-order valence-electron chi connectivity index (χ0n) is 4.15. The van der Waals surface area contributed by atoms with E-state index in [1.54, 1.807) is 0 Å². The first-order chi connectivity index (χ1) is 3.29. The molecule has 1 rings (SSSR count). The maximum atomic E-state index is 5.12. The van der Waals surface area contributed by atoms with Crippen LogP contribution >= 0.6 is 22.6 Å². The molecular weight excluding hydrogens is 203 g/mol. The van der Waals surface area contributed by atoms with Gasteiger partial charge in [-0.1, -0.05) is 22.6 Å². The van der Waals surface area contributed by atoms with Crippen molar-refractivity contribution in [2.45, 2.75) is 10.8 Å². The van der Waals surface area contributed by atoms with Crippen LogP contribution in [0.2, 0.25) is 0 Å². The lowest BCUT2D eigenvalue weighted by Gasteiger charge is -1.92. The molecule has 0 amide bonds. The van der Waals surface area contributed by atoms with E-state index < -0.39 is 0 Å². The van der Waals surface area contributed by atoms with Crippen molar-refractivity contribution in [2.75, 3.05) is 6.61 Å². The summed E-state index contributed by atoms with van der Waals surface area (Å²) in [5.41, 5.74) is 0. The van der Waals surface area contributed by atoms with Gasteiger partial charge in [-0.25, -0.2) is 0 Å². The van der Waals surface area contributed by atoms with Gasteiger partial charge in [0.05, 0.1) is 9.68 Å². The van der Waals surface area contributed by atoms with Gasteiger partial charge in [0.2, 0.25) is 0 Å². The van der Waals surface area contributed by atoms with Crippen molar-refractivity contribution in [3.05, 3.63) is 11.8 Å². The normalized spacial score (nSPS) is 29.4. The zero-order valence-corrected chi connectivity index (χ0v) is 6.31. The van der Waals surface area contributed by atoms with Gasteiger partial charge < -0.3 is 4.74 Å². The number of alkyl halides is 1. The molecule has 1 unspecified atom stereocenters. The molecule has 1 nitrogen and oxygen atoms in total. The van der Waals surface area contributed by atoms with Gasteiger partial charge in [-0.2, -0.15) is 0 Å². The van der Waals surface area contributed by atoms with E-state index >= 15 is 0 Å². The van der Waals surface area contributed by atoms with Crippen LogP contribution in [0, 0.1) is 0 Å². The molecule has 0 aromatic heterocycles. The van der Waals surface area contributed by atoms with Crippen LogP contribution in [0.3, 0.4) is 0 Å². The number of allylic oxidation sites excluding steroid dienone is 1. The van der Waals surface area contributed by atoms with Crippen LogP contribution in [0.1, 0.15) is 6.92 Å². The fourth-order valence-corrected chi connectivity index (χ4v) is 1.25. The summed E-state index contributed by atoms with van der Waals surface area (Å²) in [6.07, 6.45) is 2.13. The molecule has 7 heavy (non-hydrogen) atoms. The lowest BCUT2D eigenvalue weighted by Crippen LogP contribution is -1.92. The van der Waals surface area contributed by atoms with Crippen molar-refractivity contribution in [3.63, 3.8) is 0 Å². The van der Waals surface area contributed by atoms with Gasteiger partial charge in [-0.05, 0) is 13.0 Å². The van der Waals surface area contributed by atoms with Crippen molar-refractivity contribution in [1.29, 1.82) is 0 Å². The van der Waals surface area contributed by atoms with Gasteiger partial charge in [0.15, 0.2) is 0 Å². The van der Waals surface area contributed by atoms with Crippen molar-refractivity contribution < 1.29 is 4.74 Å². The fourth-order valence-electron chi connectivity index (χ4n) is 0.562. The first-order valence-corrected chi connectivity index (χ1v) is 3.49. The van der Waals surface area contributed by atoms with Crippen LogP contribution in [0.15, 0.2) is 11.8 Å². The van der Waals surface area contributed by atoms with Gasteiger partial charge in [0.1, 0.15) is 6.61 Å². The highest BCUT2D eigenvalue weighted by Gasteiger charge is 2.08. The van der Waals surface area contributed by atoms with Gasteiger partial charge in [0.25, 0.3) is 0 Å². The number of hydrogen-bond donors (Lipinski definition) is 0. The Labute approximate surface area is 56.9 Å². The average Bonchev–Trinajstić information content (AvgIpc) is 1.87. The molecule has 0 aliphatic carbocycles. The molecule has 0 saturated carbocycles. The Kier molecular flexibility index (Phi) is 1.57. The standard InChI is InChI=1S/C5H7IO/c1-4-2-5(6)3-7-4/h2,5H,3H2,1H3. The van der Waals surface area contributed by atoms with Crippen LogP contribution in [0.4, 0.5) is 0 Å². The van der Waals surface area contributed by atoms with Crippen molar-refractivity contribution >= 4 is 22.6 Å². The maximum absolute atomic E-state index is 5.12. The Morgan fingerprint density at radius 2 is 2.71 bits per heavy atom. The summed E-state index contributed by atoms with van der Waals surface area (Å²) >= 11 is 2.35. The van der Waals surface area contributed by atoms with Gasteiger partial charge in [0, 0.05) is 0 Å². The van der Waals surface area contributed by atoms with Crippen molar-refractivity contribution in [3.8, 4) is 0 Å². The van der Waals surface area contributed by atoms with E-state index in [-0.39, 0.29) is 0 Å². The Hall–Kier alpha value is 0.270. The molecule has 2 heteroatoms. The Morgan fingerprint density at radius 1 is 2.00 bits per heavy atom. The first kappa shape index (κ1) is 5.41. The molecule has 0 radical (unpaired) electrons. The first-order valence-electron chi connectivity index (χ1n) is 2.24. The Morgan fingerprint density at radius 3 is 2.86 bits per heavy atom. The summed E-state index contributed by atoms with van der Waals surface area (Å²) in [5, 5.41) is 0. The SMILES string of the molecule is CC1=CC(I)CO1. The molecule has 1 aliphatic rings. The smallest absolute Gasteiger partial charge is 0.103 e. The average molecular weight is 210 g/mol. The van der Waals surface area contributed by atoms with Gasteiger partial charge >= 0.3 is 0 Å². The second-order valence-corrected chi connectivity index (χ2v) is 3.20. The van der Waals surface area contributed by atoms with Crippen molar-refractivity contribution in [1.82, 2.24) is 0 Å². The van der Waals surface area contributed by atoms with Gasteiger partial charge in [-0.15, -0.1) is 0 Å². The third-order valence-corrected chi connectivity index (χ3v) is 1.60. The van der Waals surface area contributed by atoms with Crippen LogP contribution in [0.5, 0.6) is 0 Å². The number of halogens is 1. The summed E-state index contributed by atoms with van der Waals surface area (Å²) in [4.78, 5) is 0. The zero-order chi connectivity index (χ0) is 5.28. The van der Waals surface area contributed by atoms with Crippen LogP contribution in [-0.4, -0.2) is 10.5 Å². The van der Waals surface area contributed by atoms with E-state index in [1.807, 2.05) is 6.92 Å². The number of ether oxygens (including phenoxy) is 1. The molecule has 1 heterocycles. The highest BCUT2D eigenvalue weighted by atomic mass is 127. The molecule has 0 bridgehead atoms. The topological polar surface area (TPSA) is 9.23 Å². The second kappa shape index (κ2) is 2.03. The summed E-state index contributed by atoms with van der Waals surface area (Å²) in [5.74, 6) is 1.07. The number of rotatable bonds is 0. The highest BCUT2D eigenvalue weighted by molar-refractivity contribution is 14.1. The van der Waals surface area contributed by atoms with Crippen LogP contribution in [0.25, 0.3) is 0 Å². The fraction of sp³-hybridized carbons (Fsp3) is 0.600. The Balaban J connectivity index is 2.50. The quantitative estimate of drug-likeness (QED) is 0.437. The largest absolute Gasteiger partial charge is 0.497 e. The molecule has 0 aromatic carbocycles. The summed E-state index contributed by atoms with van der Waals surface area (Å²) in [6, 6.07) is 0. The molecule has 0 aromatic rings. The summed E-state index contributed by atoms with van der Waals surface area (Å²) in [7, 11) is 0. The van der Waals surface area contributed by atoms with E-state index in [2.05, 4.69) is 28.7 Å². The highest BCUT2D eigenvalue weighted by Crippen LogP contribution is 2.15. The van der Waals surface area contributed by atoms with Crippen LogP contribution in [-0.2, 0) is 4.74 Å². The lowest BCUT2D eigenvalue weighted by atomic mass is 10.4. The van der Waals surface area contributed by atoms with E-state index in [0.717, 1.165) is 12.4 Å². The maximum Gasteiger partial charge on any atom is 0.103 e. The molecule has 40 valence electrons. The van der Waals surface area contributed by atoms with Crippen molar-refractivity contribution in [2.24, 2.45) is 0 Å². The minimum atomic E-state index is 0.609. The summed E-state index contributed by atoms with van der Waals surface area (Å²) < 4.78 is 5.73. The third kappa shape index (κ3) is 1.33. The van der Waals surface area contributed by atoms with Gasteiger partial charge in [-0.3, -0.25) is 0 Å². The lowest BCUT2D eigenvalue weighted by molar-refractivity contribution is 0.251. The molecule has 1 atom stereocenters. The summed E-state index contributed by atoms with van der Waals surface area (Å²) in [6.45, 7) is 2.85. The van der Waals surface area contributed by atoms with E-state index in [0.29, 0.717) is 3.92 Å². The van der Waals surface area contributed by atoms with E-state index in [1.165, 1.54) is 0 Å². The monoisotopic (exact) mass is 210 g/mol. The molecular formula is C5H7IO.